The van der Waals surface area contributed by atoms with Crippen LogP contribution in [0.15, 0.2) is 0 Å². The van der Waals surface area contributed by atoms with E-state index in [2.05, 4.69) is 12.2 Å². The van der Waals surface area contributed by atoms with Gasteiger partial charge in [-0.05, 0) is 30.8 Å². The summed E-state index contributed by atoms with van der Waals surface area (Å²) < 4.78 is 0. The largest absolute Gasteiger partial charge is 0.480 e. The third-order valence-corrected chi connectivity index (χ3v) is 3.29. The van der Waals surface area contributed by atoms with Crippen LogP contribution in [0.4, 0.5) is 0 Å². The van der Waals surface area contributed by atoms with Crippen LogP contribution in [0, 0.1) is 0 Å². The zero-order chi connectivity index (χ0) is 9.68. The zero-order valence-electron chi connectivity index (χ0n) is 7.95. The average molecular weight is 203 g/mol. The molecule has 1 rings (SSSR count). The number of aliphatic carboxylic acids is 1. The van der Waals surface area contributed by atoms with Crippen LogP contribution in [-0.4, -0.2) is 34.7 Å². The average Bonchev–Trinajstić information content (AvgIpc) is 2.53. The van der Waals surface area contributed by atoms with Crippen molar-refractivity contribution in [1.82, 2.24) is 5.32 Å². The van der Waals surface area contributed by atoms with E-state index in [1.54, 1.807) is 0 Å². The number of hydrogen-bond acceptors (Lipinski definition) is 3. The van der Waals surface area contributed by atoms with Gasteiger partial charge in [-0.15, -0.1) is 0 Å². The molecule has 1 aliphatic heterocycles. The molecule has 4 heteroatoms. The second kappa shape index (κ2) is 5.50. The van der Waals surface area contributed by atoms with Crippen LogP contribution >= 0.6 is 11.8 Å². The standard InChI is InChI=1S/C9H17NO2S/c1-2-13-6-5-7-3-4-8(10-7)9(11)12/h7-8,10H,2-6H2,1H3,(H,11,12). The fourth-order valence-corrected chi connectivity index (χ4v) is 2.35. The van der Waals surface area contributed by atoms with Crippen molar-refractivity contribution in [3.05, 3.63) is 0 Å². The van der Waals surface area contributed by atoms with Crippen LogP contribution in [0.3, 0.4) is 0 Å². The lowest BCUT2D eigenvalue weighted by molar-refractivity contribution is -0.139. The molecule has 2 atom stereocenters. The molecule has 76 valence electrons. The van der Waals surface area contributed by atoms with Gasteiger partial charge in [-0.25, -0.2) is 0 Å². The third-order valence-electron chi connectivity index (χ3n) is 2.35. The minimum atomic E-state index is -0.703. The topological polar surface area (TPSA) is 49.3 Å². The molecule has 1 heterocycles. The summed E-state index contributed by atoms with van der Waals surface area (Å²) >= 11 is 1.92. The first kappa shape index (κ1) is 10.9. The minimum absolute atomic E-state index is 0.295. The first-order valence-electron chi connectivity index (χ1n) is 4.80. The Morgan fingerprint density at radius 1 is 1.62 bits per heavy atom. The fourth-order valence-electron chi connectivity index (χ4n) is 1.61. The van der Waals surface area contributed by atoms with Gasteiger partial charge in [-0.2, -0.15) is 11.8 Å². The molecule has 1 fully saturated rings. The molecule has 0 spiro atoms. The van der Waals surface area contributed by atoms with Crippen LogP contribution in [0.5, 0.6) is 0 Å². The number of nitrogens with one attached hydrogen (secondary N) is 1. The van der Waals surface area contributed by atoms with Crippen LogP contribution < -0.4 is 5.32 Å². The first-order chi connectivity index (χ1) is 6.24. The van der Waals surface area contributed by atoms with E-state index in [0.29, 0.717) is 6.04 Å². The van der Waals surface area contributed by atoms with Crippen molar-refractivity contribution in [2.75, 3.05) is 11.5 Å². The molecule has 0 saturated carbocycles. The van der Waals surface area contributed by atoms with Gasteiger partial charge in [0.2, 0.25) is 0 Å². The lowest BCUT2D eigenvalue weighted by Crippen LogP contribution is -2.35. The Morgan fingerprint density at radius 3 is 2.92 bits per heavy atom. The highest BCUT2D eigenvalue weighted by molar-refractivity contribution is 7.99. The summed E-state index contributed by atoms with van der Waals surface area (Å²) in [4.78, 5) is 10.6. The van der Waals surface area contributed by atoms with E-state index in [0.717, 1.165) is 30.8 Å². The maximum atomic E-state index is 10.6. The Labute approximate surface area is 83.3 Å². The summed E-state index contributed by atoms with van der Waals surface area (Å²) in [6.07, 6.45) is 2.90. The summed E-state index contributed by atoms with van der Waals surface area (Å²) in [6.45, 7) is 2.15. The number of carboxylic acids is 1. The van der Waals surface area contributed by atoms with Crippen LogP contribution in [0.25, 0.3) is 0 Å². The van der Waals surface area contributed by atoms with Crippen molar-refractivity contribution >= 4 is 17.7 Å². The lowest BCUT2D eigenvalue weighted by atomic mass is 10.1. The molecule has 0 radical (unpaired) electrons. The molecule has 0 bridgehead atoms. The van der Waals surface area contributed by atoms with Gasteiger partial charge in [0.05, 0.1) is 0 Å². The molecule has 1 aliphatic rings. The van der Waals surface area contributed by atoms with Crippen molar-refractivity contribution in [2.45, 2.75) is 38.3 Å². The Kier molecular flexibility index (Phi) is 4.59. The lowest BCUT2D eigenvalue weighted by Gasteiger charge is -2.10. The summed E-state index contributed by atoms with van der Waals surface area (Å²) in [5.41, 5.74) is 0. The maximum absolute atomic E-state index is 10.6. The van der Waals surface area contributed by atoms with Gasteiger partial charge in [0.1, 0.15) is 6.04 Å². The molecule has 0 aromatic heterocycles. The highest BCUT2D eigenvalue weighted by Crippen LogP contribution is 2.17. The molecule has 2 N–H and O–H groups in total. The first-order valence-corrected chi connectivity index (χ1v) is 5.96. The van der Waals surface area contributed by atoms with Gasteiger partial charge in [0, 0.05) is 6.04 Å². The summed E-state index contributed by atoms with van der Waals surface area (Å²) in [7, 11) is 0. The molecular weight excluding hydrogens is 186 g/mol. The van der Waals surface area contributed by atoms with Gasteiger partial charge in [-0.3, -0.25) is 4.79 Å². The highest BCUT2D eigenvalue weighted by atomic mass is 32.2. The van der Waals surface area contributed by atoms with Gasteiger partial charge in [0.25, 0.3) is 0 Å². The normalized spacial score (nSPS) is 27.8. The number of rotatable bonds is 5. The Hall–Kier alpha value is -0.220. The number of carbonyl (C=O) groups is 1. The molecule has 2 unspecified atom stereocenters. The number of hydrogen-bond donors (Lipinski definition) is 2. The molecule has 1 saturated heterocycles. The second-order valence-electron chi connectivity index (χ2n) is 3.32. The van der Waals surface area contributed by atoms with Gasteiger partial charge < -0.3 is 10.4 Å². The highest BCUT2D eigenvalue weighted by Gasteiger charge is 2.27. The zero-order valence-corrected chi connectivity index (χ0v) is 8.77. The van der Waals surface area contributed by atoms with Crippen LogP contribution in [-0.2, 0) is 4.79 Å². The maximum Gasteiger partial charge on any atom is 0.320 e. The molecule has 3 nitrogen and oxygen atoms in total. The fraction of sp³-hybridized carbons (Fsp3) is 0.889. The van der Waals surface area contributed by atoms with E-state index in [4.69, 9.17) is 5.11 Å². The summed E-state index contributed by atoms with van der Waals surface area (Å²) in [6, 6.07) is 0.136. The quantitative estimate of drug-likeness (QED) is 0.662. The van der Waals surface area contributed by atoms with Crippen molar-refractivity contribution in [3.8, 4) is 0 Å². The Balaban J connectivity index is 2.14. The smallest absolute Gasteiger partial charge is 0.320 e. The number of carboxylic acid groups (broad SMARTS) is 1. The molecular formula is C9H17NO2S. The van der Waals surface area contributed by atoms with Crippen molar-refractivity contribution in [3.63, 3.8) is 0 Å². The molecule has 0 aliphatic carbocycles. The van der Waals surface area contributed by atoms with E-state index in [-0.39, 0.29) is 6.04 Å². The third kappa shape index (κ3) is 3.56. The molecule has 0 aromatic rings. The van der Waals surface area contributed by atoms with Gasteiger partial charge in [-0.1, -0.05) is 6.92 Å². The van der Waals surface area contributed by atoms with E-state index in [1.807, 2.05) is 11.8 Å². The van der Waals surface area contributed by atoms with E-state index < -0.39 is 5.97 Å². The molecule has 13 heavy (non-hydrogen) atoms. The van der Waals surface area contributed by atoms with E-state index >= 15 is 0 Å². The van der Waals surface area contributed by atoms with Crippen molar-refractivity contribution in [1.29, 1.82) is 0 Å². The van der Waals surface area contributed by atoms with E-state index in [9.17, 15) is 4.79 Å². The van der Waals surface area contributed by atoms with Gasteiger partial charge in [0.15, 0.2) is 0 Å². The second-order valence-corrected chi connectivity index (χ2v) is 4.71. The predicted octanol–water partition coefficient (Wildman–Crippen LogP) is 1.33. The Morgan fingerprint density at radius 2 is 2.38 bits per heavy atom. The van der Waals surface area contributed by atoms with Crippen LogP contribution in [0.2, 0.25) is 0 Å². The van der Waals surface area contributed by atoms with Gasteiger partial charge >= 0.3 is 5.97 Å². The molecule has 0 aromatic carbocycles. The van der Waals surface area contributed by atoms with E-state index in [1.165, 1.54) is 0 Å². The number of thioether (sulfide) groups is 1. The summed E-state index contributed by atoms with van der Waals surface area (Å²) in [5, 5.41) is 11.9. The minimum Gasteiger partial charge on any atom is -0.480 e. The SMILES string of the molecule is CCSCCC1CCC(C(=O)O)N1. The van der Waals surface area contributed by atoms with Crippen LogP contribution in [0.1, 0.15) is 26.2 Å². The molecule has 0 amide bonds. The Bertz CT molecular complexity index is 175. The van der Waals surface area contributed by atoms with Crippen molar-refractivity contribution in [2.24, 2.45) is 0 Å². The monoisotopic (exact) mass is 203 g/mol. The predicted molar refractivity (Wildman–Crippen MR) is 55.2 cm³/mol. The summed E-state index contributed by atoms with van der Waals surface area (Å²) in [5.74, 6) is 1.58. The van der Waals surface area contributed by atoms with Crippen molar-refractivity contribution < 1.29 is 9.90 Å².